The Morgan fingerprint density at radius 2 is 1.78 bits per heavy atom. The average molecular weight is 528 g/mol. The molecule has 2 aromatic carbocycles. The predicted octanol–water partition coefficient (Wildman–Crippen LogP) is 4.27. The van der Waals surface area contributed by atoms with E-state index in [1.54, 1.807) is 53.3 Å². The molecular formula is C26H27Cl2N5O3. The molecule has 1 aliphatic rings. The van der Waals surface area contributed by atoms with E-state index in [1.807, 2.05) is 25.1 Å². The molecular weight excluding hydrogens is 501 g/mol. The molecule has 0 radical (unpaired) electrons. The number of hydrogen-bond acceptors (Lipinski definition) is 6. The lowest BCUT2D eigenvalue weighted by molar-refractivity contribution is -0.132. The summed E-state index contributed by atoms with van der Waals surface area (Å²) in [5.41, 5.74) is 1.92. The monoisotopic (exact) mass is 527 g/mol. The first-order chi connectivity index (χ1) is 17.4. The van der Waals surface area contributed by atoms with E-state index in [0.717, 1.165) is 11.4 Å². The zero-order valence-electron chi connectivity index (χ0n) is 20.2. The topological polar surface area (TPSA) is 78.9 Å². The molecule has 2 heterocycles. The number of anilines is 1. The molecule has 1 fully saturated rings. The molecule has 1 saturated heterocycles. The number of piperazine rings is 1. The second-order valence-corrected chi connectivity index (χ2v) is 9.16. The zero-order valence-corrected chi connectivity index (χ0v) is 21.7. The van der Waals surface area contributed by atoms with Crippen molar-refractivity contribution in [3.8, 4) is 17.0 Å². The van der Waals surface area contributed by atoms with E-state index >= 15 is 0 Å². The van der Waals surface area contributed by atoms with Crippen molar-refractivity contribution in [2.75, 3.05) is 51.3 Å². The highest BCUT2D eigenvalue weighted by Gasteiger charge is 2.25. The summed E-state index contributed by atoms with van der Waals surface area (Å²) in [5.74, 6) is 1.07. The van der Waals surface area contributed by atoms with Crippen molar-refractivity contribution in [3.63, 3.8) is 0 Å². The Balaban J connectivity index is 1.34. The van der Waals surface area contributed by atoms with Gasteiger partial charge in [0, 0.05) is 48.9 Å². The van der Waals surface area contributed by atoms with Crippen LogP contribution in [-0.4, -0.2) is 78.2 Å². The molecule has 0 aliphatic carbocycles. The highest BCUT2D eigenvalue weighted by atomic mass is 35.5. The molecule has 188 valence electrons. The maximum Gasteiger partial charge on any atom is 0.254 e. The zero-order chi connectivity index (χ0) is 25.7. The maximum absolute atomic E-state index is 13.0. The molecule has 0 saturated carbocycles. The van der Waals surface area contributed by atoms with Crippen molar-refractivity contribution in [2.24, 2.45) is 0 Å². The van der Waals surface area contributed by atoms with Crippen LogP contribution >= 0.6 is 23.2 Å². The normalized spacial score (nSPS) is 13.4. The van der Waals surface area contributed by atoms with Crippen LogP contribution in [0.1, 0.15) is 17.3 Å². The number of amides is 2. The lowest BCUT2D eigenvalue weighted by atomic mass is 10.1. The second-order valence-electron chi connectivity index (χ2n) is 8.32. The molecule has 4 rings (SSSR count). The van der Waals surface area contributed by atoms with Crippen LogP contribution in [0.2, 0.25) is 10.0 Å². The number of methoxy groups -OCH3 is 1. The lowest BCUT2D eigenvalue weighted by Gasteiger charge is -2.36. The van der Waals surface area contributed by atoms with Crippen LogP contribution in [-0.2, 0) is 4.79 Å². The SMILES string of the molecule is CCN(CC(=O)N1CCN(c2ccc(-c3ccc(Cl)cc3Cl)nn2)CC1)C(=O)c1cccc(OC)c1. The van der Waals surface area contributed by atoms with Gasteiger partial charge < -0.3 is 19.4 Å². The average Bonchev–Trinajstić information content (AvgIpc) is 2.91. The van der Waals surface area contributed by atoms with Gasteiger partial charge in [0.15, 0.2) is 5.82 Å². The molecule has 10 heteroatoms. The molecule has 1 aromatic heterocycles. The molecule has 0 spiro atoms. The molecule has 3 aromatic rings. The number of carbonyl (C=O) groups is 2. The summed E-state index contributed by atoms with van der Waals surface area (Å²) in [6.45, 7) is 4.65. The Labute approximate surface area is 220 Å². The van der Waals surface area contributed by atoms with Crippen molar-refractivity contribution in [3.05, 3.63) is 70.2 Å². The molecule has 1 aliphatic heterocycles. The number of aromatic nitrogens is 2. The van der Waals surface area contributed by atoms with Gasteiger partial charge in [-0.25, -0.2) is 0 Å². The highest BCUT2D eigenvalue weighted by molar-refractivity contribution is 6.36. The van der Waals surface area contributed by atoms with Gasteiger partial charge in [-0.05, 0) is 55.5 Å². The first-order valence-electron chi connectivity index (χ1n) is 11.6. The minimum absolute atomic E-state index is 0.0307. The smallest absolute Gasteiger partial charge is 0.254 e. The summed E-state index contributed by atoms with van der Waals surface area (Å²) >= 11 is 12.3. The quantitative estimate of drug-likeness (QED) is 0.456. The van der Waals surface area contributed by atoms with Crippen LogP contribution in [0.15, 0.2) is 54.6 Å². The van der Waals surface area contributed by atoms with Gasteiger partial charge in [0.25, 0.3) is 5.91 Å². The Hall–Kier alpha value is -3.36. The van der Waals surface area contributed by atoms with Crippen LogP contribution < -0.4 is 9.64 Å². The van der Waals surface area contributed by atoms with Gasteiger partial charge in [0.2, 0.25) is 5.91 Å². The summed E-state index contributed by atoms with van der Waals surface area (Å²) in [6, 6.07) is 16.0. The Bertz CT molecular complexity index is 1230. The molecule has 0 atom stereocenters. The molecule has 8 nitrogen and oxygen atoms in total. The van der Waals surface area contributed by atoms with Crippen LogP contribution in [0, 0.1) is 0 Å². The highest BCUT2D eigenvalue weighted by Crippen LogP contribution is 2.29. The minimum Gasteiger partial charge on any atom is -0.497 e. The maximum atomic E-state index is 13.0. The third kappa shape index (κ3) is 5.88. The van der Waals surface area contributed by atoms with E-state index in [-0.39, 0.29) is 18.4 Å². The van der Waals surface area contributed by atoms with Gasteiger partial charge in [-0.2, -0.15) is 0 Å². The van der Waals surface area contributed by atoms with Gasteiger partial charge in [-0.1, -0.05) is 29.3 Å². The summed E-state index contributed by atoms with van der Waals surface area (Å²) in [5, 5.41) is 9.77. The number of nitrogens with zero attached hydrogens (tertiary/aromatic N) is 5. The number of rotatable bonds is 7. The predicted molar refractivity (Wildman–Crippen MR) is 141 cm³/mol. The van der Waals surface area contributed by atoms with Gasteiger partial charge in [-0.3, -0.25) is 9.59 Å². The molecule has 36 heavy (non-hydrogen) atoms. The Kier molecular flexibility index (Phi) is 8.28. The summed E-state index contributed by atoms with van der Waals surface area (Å²) in [7, 11) is 1.56. The fourth-order valence-electron chi connectivity index (χ4n) is 4.05. The van der Waals surface area contributed by atoms with Crippen LogP contribution in [0.5, 0.6) is 5.75 Å². The summed E-state index contributed by atoms with van der Waals surface area (Å²) < 4.78 is 5.21. The first-order valence-corrected chi connectivity index (χ1v) is 12.4. The molecule has 0 N–H and O–H groups in total. The van der Waals surface area contributed by atoms with Crippen LogP contribution in [0.4, 0.5) is 5.82 Å². The van der Waals surface area contributed by atoms with Gasteiger partial charge in [0.05, 0.1) is 17.8 Å². The number of hydrogen-bond donors (Lipinski definition) is 0. The number of ether oxygens (including phenoxy) is 1. The second kappa shape index (κ2) is 11.6. The lowest BCUT2D eigenvalue weighted by Crippen LogP contribution is -2.52. The first kappa shape index (κ1) is 25.7. The van der Waals surface area contributed by atoms with Gasteiger partial charge >= 0.3 is 0 Å². The van der Waals surface area contributed by atoms with E-state index in [0.29, 0.717) is 59.8 Å². The standard InChI is InChI=1S/C26H27Cl2N5O3/c1-3-31(26(35)18-5-4-6-20(15-18)36-2)17-25(34)33-13-11-32(12-14-33)24-10-9-23(29-30-24)21-8-7-19(27)16-22(21)28/h4-10,15-16H,3,11-14,17H2,1-2H3. The van der Waals surface area contributed by atoms with E-state index in [2.05, 4.69) is 15.1 Å². The number of likely N-dealkylation sites (N-methyl/N-ethyl adjacent to an activating group) is 1. The molecule has 0 unspecified atom stereocenters. The Morgan fingerprint density at radius 3 is 2.42 bits per heavy atom. The van der Waals surface area contributed by atoms with E-state index in [9.17, 15) is 9.59 Å². The van der Waals surface area contributed by atoms with Crippen molar-refractivity contribution in [2.45, 2.75) is 6.92 Å². The van der Waals surface area contributed by atoms with E-state index in [4.69, 9.17) is 27.9 Å². The van der Waals surface area contributed by atoms with Gasteiger partial charge in [0.1, 0.15) is 12.3 Å². The third-order valence-corrected chi connectivity index (χ3v) is 6.67. The fraction of sp³-hybridized carbons (Fsp3) is 0.308. The Morgan fingerprint density at radius 1 is 1.00 bits per heavy atom. The number of benzene rings is 2. The van der Waals surface area contributed by atoms with E-state index < -0.39 is 0 Å². The summed E-state index contributed by atoms with van der Waals surface area (Å²) in [4.78, 5) is 31.3. The number of carbonyl (C=O) groups excluding carboxylic acids is 2. The molecule has 2 amide bonds. The van der Waals surface area contributed by atoms with Crippen molar-refractivity contribution < 1.29 is 14.3 Å². The van der Waals surface area contributed by atoms with Gasteiger partial charge in [-0.15, -0.1) is 10.2 Å². The number of halogens is 2. The van der Waals surface area contributed by atoms with Crippen molar-refractivity contribution in [1.29, 1.82) is 0 Å². The van der Waals surface area contributed by atoms with Crippen LogP contribution in [0.3, 0.4) is 0 Å². The largest absolute Gasteiger partial charge is 0.497 e. The molecule has 0 bridgehead atoms. The summed E-state index contributed by atoms with van der Waals surface area (Å²) in [6.07, 6.45) is 0. The third-order valence-electron chi connectivity index (χ3n) is 6.13. The fourth-order valence-corrected chi connectivity index (χ4v) is 4.55. The minimum atomic E-state index is -0.195. The van der Waals surface area contributed by atoms with Crippen molar-refractivity contribution in [1.82, 2.24) is 20.0 Å². The van der Waals surface area contributed by atoms with E-state index in [1.165, 1.54) is 0 Å². The van der Waals surface area contributed by atoms with Crippen LogP contribution in [0.25, 0.3) is 11.3 Å². The van der Waals surface area contributed by atoms with Crippen molar-refractivity contribution >= 4 is 40.8 Å².